The van der Waals surface area contributed by atoms with Crippen LogP contribution in [0.4, 0.5) is 0 Å². The number of allylic oxidation sites excluding steroid dienone is 9. The summed E-state index contributed by atoms with van der Waals surface area (Å²) >= 11 is 10.8. The van der Waals surface area contributed by atoms with E-state index in [-0.39, 0.29) is 0 Å². The summed E-state index contributed by atoms with van der Waals surface area (Å²) in [6.07, 6.45) is 16.6. The predicted octanol–water partition coefficient (Wildman–Crippen LogP) is 8.98. The molecule has 4 aromatic carbocycles. The number of hydrogen-bond donors (Lipinski definition) is 0. The van der Waals surface area contributed by atoms with Gasteiger partial charge in [0.25, 0.3) is 0 Å². The SMILES string of the molecule is ClC1=C(/C=C/c2cc(-c3ccccc3)cc(-c3ccccc3)[s+]2)CCC/C1=C\C=C1/C=C(c2ccccc2)C=C(c2ccccc2)S1.[O-][Cl+3]([O-])([O-])[O-]. The predicted molar refractivity (Wildman–Crippen MR) is 208 cm³/mol. The van der Waals surface area contributed by atoms with Crippen molar-refractivity contribution >= 4 is 51.3 Å². The molecule has 4 nitrogen and oxygen atoms in total. The molecule has 0 unspecified atom stereocenters. The van der Waals surface area contributed by atoms with Crippen molar-refractivity contribution in [3.8, 4) is 21.6 Å². The van der Waals surface area contributed by atoms with Crippen LogP contribution < -0.4 is 18.6 Å². The summed E-state index contributed by atoms with van der Waals surface area (Å²) in [5.41, 5.74) is 9.73. The normalized spacial score (nSPS) is 16.4. The van der Waals surface area contributed by atoms with Gasteiger partial charge in [0, 0.05) is 38.6 Å². The Balaban J connectivity index is 0.000000870. The number of thioether (sulfide) groups is 1. The van der Waals surface area contributed by atoms with Gasteiger partial charge in [-0.2, -0.15) is 0 Å². The van der Waals surface area contributed by atoms with Crippen molar-refractivity contribution in [3.63, 3.8) is 0 Å². The van der Waals surface area contributed by atoms with Crippen molar-refractivity contribution in [2.24, 2.45) is 0 Å². The highest BCUT2D eigenvalue weighted by atomic mass is 35.7. The van der Waals surface area contributed by atoms with Gasteiger partial charge in [-0.15, -0.1) is 10.2 Å². The van der Waals surface area contributed by atoms with E-state index in [1.54, 1.807) is 0 Å². The van der Waals surface area contributed by atoms with Crippen LogP contribution in [0.5, 0.6) is 0 Å². The van der Waals surface area contributed by atoms with E-state index in [1.807, 2.05) is 23.1 Å². The Bertz CT molecular complexity index is 2110. The lowest BCUT2D eigenvalue weighted by Crippen LogP contribution is -2.68. The molecule has 260 valence electrons. The highest BCUT2D eigenvalue weighted by Crippen LogP contribution is 2.43. The molecule has 5 aromatic rings. The minimum absolute atomic E-state index is 0.878. The molecule has 0 bridgehead atoms. The van der Waals surface area contributed by atoms with Gasteiger partial charge in [0.05, 0.1) is 0 Å². The molecular weight excluding hydrogens is 728 g/mol. The van der Waals surface area contributed by atoms with Crippen LogP contribution in [0.3, 0.4) is 0 Å². The molecule has 7 rings (SSSR count). The molecule has 0 amide bonds. The summed E-state index contributed by atoms with van der Waals surface area (Å²) in [5, 5.41) is 0.878. The molecule has 1 aromatic heterocycles. The number of hydrogen-bond acceptors (Lipinski definition) is 5. The average molecular weight is 762 g/mol. The van der Waals surface area contributed by atoms with Crippen LogP contribution in [0, 0.1) is 10.2 Å². The van der Waals surface area contributed by atoms with Crippen molar-refractivity contribution in [2.45, 2.75) is 19.3 Å². The second-order valence-electron chi connectivity index (χ2n) is 12.0. The largest absolute Gasteiger partial charge is 0.239 e. The monoisotopic (exact) mass is 760 g/mol. The van der Waals surface area contributed by atoms with E-state index in [1.165, 1.54) is 64.1 Å². The number of benzene rings is 4. The fraction of sp³-hybridized carbons (Fsp3) is 0.0682. The standard InChI is InChI=1S/C44H34ClS2.ClHO4/c45-44-36(24-26-40-28-38(32-14-5-1-6-15-32)30-42(46-40)34-18-9-3-10-19-34)22-13-23-37(44)25-27-41-29-39(33-16-7-2-8-17-33)31-43(47-41)35-20-11-4-12-21-35;2-1(3,4)5/h1-12,14-21,24-31H,13,22-23H2;(H,2,3,4,5)/q+1;/p-1. The summed E-state index contributed by atoms with van der Waals surface area (Å²) in [5.74, 6) is 0. The first-order chi connectivity index (χ1) is 25.2. The maximum atomic E-state index is 8.49. The zero-order valence-electron chi connectivity index (χ0n) is 28.0. The highest BCUT2D eigenvalue weighted by Gasteiger charge is 2.19. The molecule has 0 fully saturated rings. The summed E-state index contributed by atoms with van der Waals surface area (Å²) in [6.45, 7) is 0. The zero-order chi connectivity index (χ0) is 36.3. The quantitative estimate of drug-likeness (QED) is 0.155. The van der Waals surface area contributed by atoms with Crippen molar-refractivity contribution < 1.29 is 28.9 Å². The smallest absolute Gasteiger partial charge is 0.222 e. The molecule has 0 saturated carbocycles. The maximum Gasteiger partial charge on any atom is 0.239 e. The Labute approximate surface area is 320 Å². The maximum absolute atomic E-state index is 8.49. The van der Waals surface area contributed by atoms with Crippen LogP contribution in [0.15, 0.2) is 185 Å². The van der Waals surface area contributed by atoms with Crippen LogP contribution >= 0.6 is 34.7 Å². The van der Waals surface area contributed by atoms with Crippen molar-refractivity contribution in [1.82, 2.24) is 0 Å². The minimum atomic E-state index is -4.94. The summed E-state index contributed by atoms with van der Waals surface area (Å²) in [7, 11) is -4.94. The average Bonchev–Trinajstić information content (AvgIpc) is 3.17. The number of rotatable bonds is 7. The Morgan fingerprint density at radius 1 is 0.596 bits per heavy atom. The molecule has 0 saturated heterocycles. The van der Waals surface area contributed by atoms with Gasteiger partial charge in [-0.05, 0) is 88.6 Å². The molecule has 52 heavy (non-hydrogen) atoms. The van der Waals surface area contributed by atoms with Gasteiger partial charge in [-0.25, -0.2) is 18.6 Å². The fourth-order valence-corrected chi connectivity index (χ4v) is 8.21. The van der Waals surface area contributed by atoms with Gasteiger partial charge in [0.2, 0.25) is 21.1 Å². The third kappa shape index (κ3) is 10.8. The van der Waals surface area contributed by atoms with E-state index in [4.69, 9.17) is 30.2 Å². The summed E-state index contributed by atoms with van der Waals surface area (Å²) in [4.78, 5) is 4.91. The molecule has 2 aliphatic rings. The molecular formula is C44H34Cl2O4S2. The van der Waals surface area contributed by atoms with Crippen LogP contribution in [0.2, 0.25) is 0 Å². The van der Waals surface area contributed by atoms with Crippen LogP contribution in [-0.4, -0.2) is 0 Å². The Kier molecular flexibility index (Phi) is 12.9. The lowest BCUT2D eigenvalue weighted by molar-refractivity contribution is -2.00. The molecule has 0 radical (unpaired) electrons. The molecule has 8 heteroatoms. The second kappa shape index (κ2) is 17.9. The van der Waals surface area contributed by atoms with Crippen LogP contribution in [0.1, 0.15) is 35.3 Å². The summed E-state index contributed by atoms with van der Waals surface area (Å²) in [6, 6.07) is 47.1. The van der Waals surface area contributed by atoms with Crippen molar-refractivity contribution in [1.29, 1.82) is 0 Å². The van der Waals surface area contributed by atoms with Gasteiger partial charge in [0.15, 0.2) is 0 Å². The summed E-state index contributed by atoms with van der Waals surface area (Å²) < 4.78 is 34.0. The molecule has 0 atom stereocenters. The first kappa shape index (κ1) is 37.4. The zero-order valence-corrected chi connectivity index (χ0v) is 31.1. The van der Waals surface area contributed by atoms with Crippen molar-refractivity contribution in [3.05, 3.63) is 201 Å². The highest BCUT2D eigenvalue weighted by molar-refractivity contribution is 8.12. The third-order valence-electron chi connectivity index (χ3n) is 8.31. The Hall–Kier alpha value is -4.34. The van der Waals surface area contributed by atoms with E-state index in [9.17, 15) is 0 Å². The van der Waals surface area contributed by atoms with E-state index in [2.05, 4.69) is 170 Å². The van der Waals surface area contributed by atoms with Crippen LogP contribution in [-0.2, 0) is 0 Å². The Morgan fingerprint density at radius 2 is 1.15 bits per heavy atom. The Morgan fingerprint density at radius 3 is 1.77 bits per heavy atom. The first-order valence-corrected chi connectivity index (χ1v) is 19.8. The van der Waals surface area contributed by atoms with Crippen LogP contribution in [0.25, 0.3) is 38.1 Å². The topological polar surface area (TPSA) is 92.2 Å². The number of halogens is 2. The van der Waals surface area contributed by atoms with E-state index in [0.29, 0.717) is 0 Å². The molecule has 0 spiro atoms. The van der Waals surface area contributed by atoms with E-state index < -0.39 is 10.2 Å². The van der Waals surface area contributed by atoms with Gasteiger partial charge >= 0.3 is 0 Å². The van der Waals surface area contributed by atoms with E-state index >= 15 is 0 Å². The van der Waals surface area contributed by atoms with Gasteiger partial charge in [0.1, 0.15) is 0 Å². The third-order valence-corrected chi connectivity index (χ3v) is 10.9. The first-order valence-electron chi connectivity index (χ1n) is 16.6. The van der Waals surface area contributed by atoms with Gasteiger partial charge in [-0.3, -0.25) is 0 Å². The second-order valence-corrected chi connectivity index (χ2v) is 15.3. The van der Waals surface area contributed by atoms with Gasteiger partial charge < -0.3 is 0 Å². The molecule has 0 N–H and O–H groups in total. The molecule has 1 aliphatic carbocycles. The molecule has 2 heterocycles. The van der Waals surface area contributed by atoms with Gasteiger partial charge in [-0.1, -0.05) is 145 Å². The van der Waals surface area contributed by atoms with Crippen molar-refractivity contribution in [2.75, 3.05) is 0 Å². The minimum Gasteiger partial charge on any atom is -0.222 e. The fourth-order valence-electron chi connectivity index (χ4n) is 5.87. The van der Waals surface area contributed by atoms with E-state index in [0.717, 1.165) is 24.3 Å². The molecule has 1 aliphatic heterocycles. The lowest BCUT2D eigenvalue weighted by Gasteiger charge is -2.18. The lowest BCUT2D eigenvalue weighted by atomic mass is 9.94.